The SMILES string of the molecule is CCCCCc1nnc(NC(=O)CN2c3cccc4cccc(c34)S2(=O)=O)s1. The van der Waals surface area contributed by atoms with Crippen LogP contribution in [-0.4, -0.2) is 31.1 Å². The van der Waals surface area contributed by atoms with Crippen LogP contribution in [0.25, 0.3) is 10.8 Å². The molecule has 1 amide bonds. The number of carbonyl (C=O) groups is 1. The Balaban J connectivity index is 1.51. The Morgan fingerprint density at radius 3 is 2.71 bits per heavy atom. The number of carbonyl (C=O) groups excluding carboxylic acids is 1. The van der Waals surface area contributed by atoms with E-state index < -0.39 is 15.9 Å². The minimum absolute atomic E-state index is 0.238. The maximum atomic E-state index is 12.9. The van der Waals surface area contributed by atoms with Crippen LogP contribution in [0.4, 0.5) is 10.8 Å². The van der Waals surface area contributed by atoms with Crippen molar-refractivity contribution in [2.75, 3.05) is 16.2 Å². The van der Waals surface area contributed by atoms with Crippen LogP contribution in [0.2, 0.25) is 0 Å². The van der Waals surface area contributed by atoms with Gasteiger partial charge in [0.25, 0.3) is 10.0 Å². The third-order valence-electron chi connectivity index (χ3n) is 4.68. The first-order valence-electron chi connectivity index (χ1n) is 9.17. The van der Waals surface area contributed by atoms with E-state index in [0.29, 0.717) is 16.2 Å². The van der Waals surface area contributed by atoms with E-state index in [1.54, 1.807) is 24.3 Å². The fourth-order valence-corrected chi connectivity index (χ4v) is 5.81. The Morgan fingerprint density at radius 2 is 1.93 bits per heavy atom. The van der Waals surface area contributed by atoms with Crippen molar-refractivity contribution in [3.63, 3.8) is 0 Å². The van der Waals surface area contributed by atoms with Crippen LogP contribution in [-0.2, 0) is 21.2 Å². The van der Waals surface area contributed by atoms with Crippen LogP contribution < -0.4 is 9.62 Å². The van der Waals surface area contributed by atoms with Crippen molar-refractivity contribution in [3.8, 4) is 0 Å². The molecule has 1 N–H and O–H groups in total. The average Bonchev–Trinajstić information content (AvgIpc) is 3.20. The Hall–Kier alpha value is -2.52. The minimum atomic E-state index is -3.76. The Labute approximate surface area is 167 Å². The predicted molar refractivity (Wildman–Crippen MR) is 110 cm³/mol. The summed E-state index contributed by atoms with van der Waals surface area (Å²) in [7, 11) is -3.76. The lowest BCUT2D eigenvalue weighted by atomic mass is 10.1. The normalized spacial score (nSPS) is 14.5. The van der Waals surface area contributed by atoms with Crippen LogP contribution in [0.15, 0.2) is 41.3 Å². The van der Waals surface area contributed by atoms with E-state index in [1.165, 1.54) is 11.3 Å². The summed E-state index contributed by atoms with van der Waals surface area (Å²) < 4.78 is 27.0. The molecule has 0 saturated heterocycles. The molecule has 1 aliphatic heterocycles. The number of aryl methyl sites for hydroxylation is 1. The summed E-state index contributed by atoms with van der Waals surface area (Å²) in [5, 5.41) is 13.5. The number of aromatic nitrogens is 2. The fraction of sp³-hybridized carbons (Fsp3) is 0.316. The molecule has 28 heavy (non-hydrogen) atoms. The molecule has 7 nitrogen and oxygen atoms in total. The van der Waals surface area contributed by atoms with Crippen molar-refractivity contribution < 1.29 is 13.2 Å². The summed E-state index contributed by atoms with van der Waals surface area (Å²) in [6.45, 7) is 1.83. The van der Waals surface area contributed by atoms with Crippen LogP contribution in [0, 0.1) is 0 Å². The lowest BCUT2D eigenvalue weighted by Crippen LogP contribution is -2.35. The number of hydrogen-bond donors (Lipinski definition) is 1. The summed E-state index contributed by atoms with van der Waals surface area (Å²) in [6, 6.07) is 10.5. The molecule has 0 aliphatic carbocycles. The van der Waals surface area contributed by atoms with Gasteiger partial charge in [0.05, 0.1) is 10.6 Å². The first kappa shape index (κ1) is 18.8. The monoisotopic (exact) mass is 416 g/mol. The van der Waals surface area contributed by atoms with Gasteiger partial charge in [-0.25, -0.2) is 8.42 Å². The third-order valence-corrected chi connectivity index (χ3v) is 7.38. The highest BCUT2D eigenvalue weighted by atomic mass is 32.2. The molecule has 9 heteroatoms. The number of nitrogens with zero attached hydrogens (tertiary/aromatic N) is 3. The number of benzene rings is 2. The Morgan fingerprint density at radius 1 is 1.14 bits per heavy atom. The molecule has 4 rings (SSSR count). The second-order valence-electron chi connectivity index (χ2n) is 6.65. The van der Waals surface area contributed by atoms with Crippen LogP contribution in [0.3, 0.4) is 0 Å². The number of nitrogens with one attached hydrogen (secondary N) is 1. The molecule has 0 radical (unpaired) electrons. The summed E-state index contributed by atoms with van der Waals surface area (Å²) in [4.78, 5) is 12.8. The molecule has 0 unspecified atom stereocenters. The molecule has 0 atom stereocenters. The largest absolute Gasteiger partial charge is 0.299 e. The number of hydrogen-bond acceptors (Lipinski definition) is 6. The molecule has 2 heterocycles. The quantitative estimate of drug-likeness (QED) is 0.595. The van der Waals surface area contributed by atoms with E-state index in [9.17, 15) is 13.2 Å². The summed E-state index contributed by atoms with van der Waals surface area (Å²) >= 11 is 1.33. The van der Waals surface area contributed by atoms with Crippen molar-refractivity contribution >= 4 is 48.9 Å². The predicted octanol–water partition coefficient (Wildman–Crippen LogP) is 3.57. The van der Waals surface area contributed by atoms with E-state index >= 15 is 0 Å². The molecule has 0 fully saturated rings. The first-order chi connectivity index (χ1) is 13.5. The minimum Gasteiger partial charge on any atom is -0.299 e. The number of unbranched alkanes of at least 4 members (excludes halogenated alkanes) is 2. The molecule has 0 spiro atoms. The van der Waals surface area contributed by atoms with E-state index in [1.807, 2.05) is 12.1 Å². The number of anilines is 2. The molecule has 1 aliphatic rings. The van der Waals surface area contributed by atoms with Gasteiger partial charge < -0.3 is 0 Å². The van der Waals surface area contributed by atoms with Gasteiger partial charge in [-0.3, -0.25) is 14.4 Å². The highest BCUT2D eigenvalue weighted by Gasteiger charge is 2.36. The summed E-state index contributed by atoms with van der Waals surface area (Å²) in [5.41, 5.74) is 0.528. The van der Waals surface area contributed by atoms with E-state index in [2.05, 4.69) is 22.4 Å². The van der Waals surface area contributed by atoms with Gasteiger partial charge in [0.2, 0.25) is 11.0 Å². The highest BCUT2D eigenvalue weighted by Crippen LogP contribution is 2.41. The molecule has 0 bridgehead atoms. The molecule has 0 saturated carbocycles. The molecule has 146 valence electrons. The summed E-state index contributed by atoms with van der Waals surface area (Å²) in [6.07, 6.45) is 4.12. The maximum Gasteiger partial charge on any atom is 0.265 e. The maximum absolute atomic E-state index is 12.9. The van der Waals surface area contributed by atoms with Crippen LogP contribution in [0.5, 0.6) is 0 Å². The molecule has 3 aromatic rings. The molecular formula is C19H20N4O3S2. The smallest absolute Gasteiger partial charge is 0.265 e. The van der Waals surface area contributed by atoms with Gasteiger partial charge >= 0.3 is 0 Å². The van der Waals surface area contributed by atoms with Crippen molar-refractivity contribution in [2.24, 2.45) is 0 Å². The van der Waals surface area contributed by atoms with Crippen molar-refractivity contribution in [2.45, 2.75) is 37.5 Å². The lowest BCUT2D eigenvalue weighted by Gasteiger charge is -2.17. The van der Waals surface area contributed by atoms with Gasteiger partial charge in [0.1, 0.15) is 11.6 Å². The Bertz CT molecular complexity index is 1140. The Kier molecular flexibility index (Phi) is 5.03. The zero-order valence-electron chi connectivity index (χ0n) is 15.4. The lowest BCUT2D eigenvalue weighted by molar-refractivity contribution is -0.114. The third kappa shape index (κ3) is 3.35. The molecule has 2 aromatic carbocycles. The van der Waals surface area contributed by atoms with Gasteiger partial charge in [-0.15, -0.1) is 10.2 Å². The standard InChI is InChI=1S/C19H20N4O3S2/c1-2-3-4-11-17-21-22-19(27-17)20-16(24)12-23-14-9-5-7-13-8-6-10-15(18(13)14)28(23,25)26/h5-10H,2-4,11-12H2,1H3,(H,20,22,24). The van der Waals surface area contributed by atoms with E-state index in [-0.39, 0.29) is 11.4 Å². The van der Waals surface area contributed by atoms with Crippen molar-refractivity contribution in [3.05, 3.63) is 41.4 Å². The first-order valence-corrected chi connectivity index (χ1v) is 11.4. The van der Waals surface area contributed by atoms with Gasteiger partial charge in [-0.2, -0.15) is 0 Å². The van der Waals surface area contributed by atoms with Gasteiger partial charge in [-0.1, -0.05) is 55.4 Å². The van der Waals surface area contributed by atoms with E-state index in [0.717, 1.165) is 40.4 Å². The highest BCUT2D eigenvalue weighted by molar-refractivity contribution is 7.93. The second kappa shape index (κ2) is 7.48. The van der Waals surface area contributed by atoms with Crippen LogP contribution >= 0.6 is 11.3 Å². The van der Waals surface area contributed by atoms with Gasteiger partial charge in [-0.05, 0) is 23.9 Å². The van der Waals surface area contributed by atoms with Crippen molar-refractivity contribution in [1.29, 1.82) is 0 Å². The van der Waals surface area contributed by atoms with Gasteiger partial charge in [0.15, 0.2) is 0 Å². The molecular weight excluding hydrogens is 396 g/mol. The van der Waals surface area contributed by atoms with Gasteiger partial charge in [0, 0.05) is 11.8 Å². The molecule has 1 aromatic heterocycles. The van der Waals surface area contributed by atoms with Crippen LogP contribution in [0.1, 0.15) is 31.2 Å². The zero-order chi connectivity index (χ0) is 19.7. The van der Waals surface area contributed by atoms with Crippen molar-refractivity contribution in [1.82, 2.24) is 10.2 Å². The average molecular weight is 417 g/mol. The topological polar surface area (TPSA) is 92.3 Å². The van der Waals surface area contributed by atoms with E-state index in [4.69, 9.17) is 0 Å². The zero-order valence-corrected chi connectivity index (χ0v) is 17.0. The number of sulfonamides is 1. The second-order valence-corrected chi connectivity index (χ2v) is 9.54. The number of amides is 1. The fourth-order valence-electron chi connectivity index (χ4n) is 3.35. The summed E-state index contributed by atoms with van der Waals surface area (Å²) in [5.74, 6) is -0.440. The number of rotatable bonds is 7.